The number of ether oxygens (including phenoxy) is 2. The molecule has 9 heteroatoms. The molecule has 2 heterocycles. The van der Waals surface area contributed by atoms with Gasteiger partial charge in [-0.25, -0.2) is 9.97 Å². The van der Waals surface area contributed by atoms with Gasteiger partial charge in [0.2, 0.25) is 17.8 Å². The first-order valence-electron chi connectivity index (χ1n) is 8.92. The number of aromatic nitrogens is 2. The van der Waals surface area contributed by atoms with Crippen LogP contribution in [0, 0.1) is 0 Å². The highest BCUT2D eigenvalue weighted by Crippen LogP contribution is 2.42. The molecule has 1 aliphatic heterocycles. The fraction of sp³-hybridized carbons (Fsp3) is 0.368. The number of hydrogen-bond acceptors (Lipinski definition) is 7. The van der Waals surface area contributed by atoms with Crippen molar-refractivity contribution >= 4 is 29.1 Å². The molecular weight excluding hydrogens is 362 g/mol. The van der Waals surface area contributed by atoms with Gasteiger partial charge in [-0.15, -0.1) is 0 Å². The quantitative estimate of drug-likeness (QED) is 0.667. The van der Waals surface area contributed by atoms with Crippen LogP contribution in [-0.4, -0.2) is 49.2 Å². The molecule has 1 unspecified atom stereocenters. The highest BCUT2D eigenvalue weighted by atomic mass is 16.5. The Labute approximate surface area is 162 Å². The Kier molecular flexibility index (Phi) is 6.05. The number of rotatable bonds is 7. The van der Waals surface area contributed by atoms with Crippen LogP contribution in [0.1, 0.15) is 30.4 Å². The van der Waals surface area contributed by atoms with E-state index in [9.17, 15) is 9.59 Å². The van der Waals surface area contributed by atoms with Gasteiger partial charge >= 0.3 is 0 Å². The third kappa shape index (κ3) is 4.20. The minimum atomic E-state index is -0.313. The van der Waals surface area contributed by atoms with Crippen molar-refractivity contribution in [1.82, 2.24) is 9.97 Å². The third-order valence-electron chi connectivity index (χ3n) is 4.37. The summed E-state index contributed by atoms with van der Waals surface area (Å²) in [4.78, 5) is 32.8. The van der Waals surface area contributed by atoms with Crippen LogP contribution in [0.2, 0.25) is 0 Å². The first-order chi connectivity index (χ1) is 13.5. The van der Waals surface area contributed by atoms with Crippen LogP contribution in [0.5, 0.6) is 5.75 Å². The van der Waals surface area contributed by atoms with Gasteiger partial charge in [0.05, 0.1) is 12.8 Å². The summed E-state index contributed by atoms with van der Waals surface area (Å²) in [6.07, 6.45) is 3.72. The molecule has 2 aromatic rings. The van der Waals surface area contributed by atoms with Gasteiger partial charge in [-0.3, -0.25) is 9.59 Å². The van der Waals surface area contributed by atoms with Crippen LogP contribution < -0.4 is 20.7 Å². The third-order valence-corrected chi connectivity index (χ3v) is 4.37. The Balaban J connectivity index is 1.97. The van der Waals surface area contributed by atoms with Crippen molar-refractivity contribution in [3.63, 3.8) is 0 Å². The van der Waals surface area contributed by atoms with Gasteiger partial charge in [0.1, 0.15) is 12.4 Å². The molecule has 28 heavy (non-hydrogen) atoms. The molecule has 0 bridgehead atoms. The van der Waals surface area contributed by atoms with Crippen LogP contribution >= 0.6 is 0 Å². The average molecular weight is 385 g/mol. The SMILES string of the molecule is CCNc1ncc(C2CC(=O)Nc3cc(NC(=O)COC)c(OC)cc32)cn1. The zero-order chi connectivity index (χ0) is 20.1. The molecule has 0 fully saturated rings. The number of anilines is 3. The maximum Gasteiger partial charge on any atom is 0.250 e. The Bertz CT molecular complexity index is 869. The van der Waals surface area contributed by atoms with E-state index in [4.69, 9.17) is 9.47 Å². The molecule has 1 aromatic heterocycles. The molecule has 148 valence electrons. The minimum Gasteiger partial charge on any atom is -0.495 e. The predicted molar refractivity (Wildman–Crippen MR) is 105 cm³/mol. The summed E-state index contributed by atoms with van der Waals surface area (Å²) in [5.74, 6) is 0.395. The van der Waals surface area contributed by atoms with Crippen LogP contribution in [0.4, 0.5) is 17.3 Å². The monoisotopic (exact) mass is 385 g/mol. The number of nitrogens with one attached hydrogen (secondary N) is 3. The fourth-order valence-corrected chi connectivity index (χ4v) is 3.14. The molecule has 0 radical (unpaired) electrons. The van der Waals surface area contributed by atoms with Gasteiger partial charge in [-0.1, -0.05) is 0 Å². The summed E-state index contributed by atoms with van der Waals surface area (Å²) >= 11 is 0. The number of nitrogens with zero attached hydrogens (tertiary/aromatic N) is 2. The molecule has 0 saturated heterocycles. The van der Waals surface area contributed by atoms with E-state index in [-0.39, 0.29) is 30.8 Å². The van der Waals surface area contributed by atoms with Crippen LogP contribution in [0.15, 0.2) is 24.5 Å². The van der Waals surface area contributed by atoms with E-state index in [0.29, 0.717) is 23.1 Å². The van der Waals surface area contributed by atoms with Crippen molar-refractivity contribution in [3.8, 4) is 5.75 Å². The minimum absolute atomic E-state index is 0.0787. The first kappa shape index (κ1) is 19.6. The largest absolute Gasteiger partial charge is 0.495 e. The van der Waals surface area contributed by atoms with Crippen molar-refractivity contribution in [3.05, 3.63) is 35.7 Å². The molecule has 0 saturated carbocycles. The van der Waals surface area contributed by atoms with Crippen LogP contribution in [0.25, 0.3) is 0 Å². The standard InChI is InChI=1S/C19H23N5O4/c1-4-20-19-21-8-11(9-22-19)12-6-17(25)23-14-7-15(24-18(26)10-27-2)16(28-3)5-13(12)14/h5,7-9,12H,4,6,10H2,1-3H3,(H,23,25)(H,24,26)(H,20,21,22). The summed E-state index contributed by atoms with van der Waals surface area (Å²) in [6, 6.07) is 3.51. The molecule has 1 atom stereocenters. The van der Waals surface area contributed by atoms with Crippen molar-refractivity contribution in [2.45, 2.75) is 19.3 Å². The number of carbonyl (C=O) groups excluding carboxylic acids is 2. The lowest BCUT2D eigenvalue weighted by molar-refractivity contribution is -0.119. The van der Waals surface area contributed by atoms with E-state index in [1.807, 2.05) is 13.0 Å². The fourth-order valence-electron chi connectivity index (χ4n) is 3.14. The van der Waals surface area contributed by atoms with Crippen molar-refractivity contribution in [2.24, 2.45) is 0 Å². The van der Waals surface area contributed by atoms with E-state index in [1.165, 1.54) is 14.2 Å². The van der Waals surface area contributed by atoms with Crippen molar-refractivity contribution < 1.29 is 19.1 Å². The van der Waals surface area contributed by atoms with Gasteiger partial charge < -0.3 is 25.4 Å². The van der Waals surface area contributed by atoms with E-state index in [2.05, 4.69) is 25.9 Å². The summed E-state index contributed by atoms with van der Waals surface area (Å²) in [6.45, 7) is 2.61. The number of benzene rings is 1. The lowest BCUT2D eigenvalue weighted by Crippen LogP contribution is -2.24. The number of hydrogen-bond donors (Lipinski definition) is 3. The predicted octanol–water partition coefficient (Wildman–Crippen LogP) is 1.98. The highest BCUT2D eigenvalue weighted by Gasteiger charge is 2.29. The van der Waals surface area contributed by atoms with E-state index in [0.717, 1.165) is 17.7 Å². The number of amides is 2. The average Bonchev–Trinajstić information content (AvgIpc) is 2.68. The van der Waals surface area contributed by atoms with Gasteiger partial charge in [0, 0.05) is 44.1 Å². The Morgan fingerprint density at radius 2 is 2.04 bits per heavy atom. The van der Waals surface area contributed by atoms with Crippen molar-refractivity contribution in [1.29, 1.82) is 0 Å². The highest BCUT2D eigenvalue weighted by molar-refractivity contribution is 5.99. The number of fused-ring (bicyclic) bond motifs is 1. The second-order valence-corrected chi connectivity index (χ2v) is 6.30. The van der Waals surface area contributed by atoms with Gasteiger partial charge in [-0.2, -0.15) is 0 Å². The zero-order valence-electron chi connectivity index (χ0n) is 16.0. The summed E-state index contributed by atoms with van der Waals surface area (Å²) in [7, 11) is 2.97. The number of carbonyl (C=O) groups is 2. The molecule has 3 rings (SSSR count). The molecule has 0 spiro atoms. The van der Waals surface area contributed by atoms with Crippen LogP contribution in [0.3, 0.4) is 0 Å². The first-order valence-corrected chi connectivity index (χ1v) is 8.92. The molecule has 0 aliphatic carbocycles. The Hall–Kier alpha value is -3.20. The summed E-state index contributed by atoms with van der Waals surface area (Å²) < 4.78 is 10.3. The van der Waals surface area contributed by atoms with E-state index >= 15 is 0 Å². The van der Waals surface area contributed by atoms with Crippen molar-refractivity contribution in [2.75, 3.05) is 43.3 Å². The molecule has 1 aromatic carbocycles. The van der Waals surface area contributed by atoms with Gasteiger partial charge in [0.25, 0.3) is 0 Å². The lowest BCUT2D eigenvalue weighted by atomic mass is 9.85. The summed E-state index contributed by atoms with van der Waals surface area (Å²) in [5, 5.41) is 8.64. The van der Waals surface area contributed by atoms with E-state index in [1.54, 1.807) is 18.5 Å². The number of methoxy groups -OCH3 is 2. The topological polar surface area (TPSA) is 114 Å². The second kappa shape index (κ2) is 8.66. The zero-order valence-corrected chi connectivity index (χ0v) is 16.0. The smallest absolute Gasteiger partial charge is 0.250 e. The molecular formula is C19H23N5O4. The van der Waals surface area contributed by atoms with E-state index < -0.39 is 0 Å². The maximum absolute atomic E-state index is 12.3. The normalized spacial score (nSPS) is 15.4. The second-order valence-electron chi connectivity index (χ2n) is 6.30. The maximum atomic E-state index is 12.3. The van der Waals surface area contributed by atoms with Gasteiger partial charge in [-0.05, 0) is 30.2 Å². The molecule has 2 amide bonds. The Morgan fingerprint density at radius 1 is 1.29 bits per heavy atom. The molecule has 3 N–H and O–H groups in total. The van der Waals surface area contributed by atoms with Gasteiger partial charge in [0.15, 0.2) is 0 Å². The Morgan fingerprint density at radius 3 is 2.68 bits per heavy atom. The van der Waals surface area contributed by atoms with Crippen LogP contribution in [-0.2, 0) is 14.3 Å². The molecule has 1 aliphatic rings. The molecule has 9 nitrogen and oxygen atoms in total. The lowest BCUT2D eigenvalue weighted by Gasteiger charge is -2.27. The summed E-state index contributed by atoms with van der Waals surface area (Å²) in [5.41, 5.74) is 2.78.